The number of aromatic nitrogens is 3. The zero-order chi connectivity index (χ0) is 29.6. The summed E-state index contributed by atoms with van der Waals surface area (Å²) in [6.45, 7) is 6.51. The zero-order valence-corrected chi connectivity index (χ0v) is 27.0. The van der Waals surface area contributed by atoms with E-state index in [0.717, 1.165) is 23.7 Å². The smallest absolute Gasteiger partial charge is 0.261 e. The molecule has 0 unspecified atom stereocenters. The van der Waals surface area contributed by atoms with Crippen molar-refractivity contribution in [2.24, 2.45) is 5.92 Å². The van der Waals surface area contributed by atoms with E-state index in [2.05, 4.69) is 51.6 Å². The van der Waals surface area contributed by atoms with Crippen molar-refractivity contribution in [3.63, 3.8) is 0 Å². The van der Waals surface area contributed by atoms with Crippen LogP contribution in [0.3, 0.4) is 0 Å². The second kappa shape index (κ2) is 14.0. The van der Waals surface area contributed by atoms with Gasteiger partial charge in [0.05, 0.1) is 21.4 Å². The van der Waals surface area contributed by atoms with E-state index in [1.165, 1.54) is 17.8 Å². The minimum absolute atomic E-state index is 0.00945. The van der Waals surface area contributed by atoms with E-state index in [1.807, 2.05) is 22.8 Å². The van der Waals surface area contributed by atoms with Crippen molar-refractivity contribution in [2.75, 3.05) is 10.5 Å². The lowest BCUT2D eigenvalue weighted by atomic mass is 10.0. The average Bonchev–Trinajstić information content (AvgIpc) is 3.37. The van der Waals surface area contributed by atoms with Crippen LogP contribution in [0.2, 0.25) is 5.02 Å². The fourth-order valence-corrected chi connectivity index (χ4v) is 6.88. The van der Waals surface area contributed by atoms with E-state index in [1.54, 1.807) is 48.5 Å². The number of halogens is 2. The lowest BCUT2D eigenvalue weighted by Crippen LogP contribution is -2.14. The quantitative estimate of drug-likeness (QED) is 0.113. The molecule has 1 aromatic heterocycles. The van der Waals surface area contributed by atoms with Crippen molar-refractivity contribution < 1.29 is 13.2 Å². The molecule has 3 aromatic carbocycles. The van der Waals surface area contributed by atoms with Gasteiger partial charge in [0.2, 0.25) is 0 Å². The van der Waals surface area contributed by atoms with Crippen molar-refractivity contribution >= 4 is 60.8 Å². The van der Waals surface area contributed by atoms with E-state index >= 15 is 0 Å². The highest BCUT2D eigenvalue weighted by Gasteiger charge is 2.23. The van der Waals surface area contributed by atoms with Gasteiger partial charge in [-0.2, -0.15) is 0 Å². The van der Waals surface area contributed by atoms with E-state index < -0.39 is 10.0 Å². The van der Waals surface area contributed by atoms with Crippen LogP contribution in [0.15, 0.2) is 87.3 Å². The second-order valence-electron chi connectivity index (χ2n) is 10.2. The van der Waals surface area contributed by atoms with Crippen molar-refractivity contribution in [3.05, 3.63) is 87.9 Å². The number of rotatable bonds is 13. The first-order valence-electron chi connectivity index (χ1n) is 13.3. The van der Waals surface area contributed by atoms with Crippen molar-refractivity contribution in [3.8, 4) is 11.4 Å². The van der Waals surface area contributed by atoms with Gasteiger partial charge in [-0.1, -0.05) is 102 Å². The predicted octanol–water partition coefficient (Wildman–Crippen LogP) is 8.52. The summed E-state index contributed by atoms with van der Waals surface area (Å²) in [5, 5.41) is 9.84. The van der Waals surface area contributed by atoms with Crippen LogP contribution >= 0.6 is 39.3 Å². The van der Waals surface area contributed by atoms with E-state index in [4.69, 9.17) is 11.6 Å². The van der Waals surface area contributed by atoms with Gasteiger partial charge in [-0.15, -0.1) is 10.2 Å². The molecule has 0 radical (unpaired) electrons. The van der Waals surface area contributed by atoms with Crippen LogP contribution in [0, 0.1) is 5.92 Å². The average molecular weight is 676 g/mol. The molecule has 0 aliphatic rings. The fraction of sp³-hybridized carbons (Fsp3) is 0.300. The first kappa shape index (κ1) is 31.3. The largest absolute Gasteiger partial charge is 0.299 e. The lowest BCUT2D eigenvalue weighted by molar-refractivity contribution is 0.102. The van der Waals surface area contributed by atoms with Crippen LogP contribution in [0.25, 0.3) is 11.4 Å². The van der Waals surface area contributed by atoms with Gasteiger partial charge in [0.25, 0.3) is 10.0 Å². The summed E-state index contributed by atoms with van der Waals surface area (Å²) in [7, 11) is -3.92. The van der Waals surface area contributed by atoms with Crippen molar-refractivity contribution in [2.45, 2.75) is 56.1 Å². The Balaban J connectivity index is 1.64. The summed E-state index contributed by atoms with van der Waals surface area (Å²) >= 11 is 10.9. The Morgan fingerprint density at radius 1 is 1.00 bits per heavy atom. The Labute approximate surface area is 259 Å². The summed E-state index contributed by atoms with van der Waals surface area (Å²) in [5.74, 6) is 1.34. The Bertz CT molecular complexity index is 1610. The molecule has 0 saturated carbocycles. The number of hydrogen-bond acceptors (Lipinski definition) is 6. The third-order valence-corrected chi connectivity index (χ3v) is 9.69. The Morgan fingerprint density at radius 3 is 2.44 bits per heavy atom. The Morgan fingerprint density at radius 2 is 1.73 bits per heavy atom. The highest BCUT2D eigenvalue weighted by Crippen LogP contribution is 2.32. The van der Waals surface area contributed by atoms with Gasteiger partial charge in [0.15, 0.2) is 16.8 Å². The Kier molecular flexibility index (Phi) is 10.7. The number of ketones is 1. The van der Waals surface area contributed by atoms with Gasteiger partial charge in [-0.05, 0) is 55.7 Å². The first-order valence-corrected chi connectivity index (χ1v) is 16.9. The minimum atomic E-state index is -3.92. The molecule has 0 bridgehead atoms. The number of thioether (sulfide) groups is 1. The highest BCUT2D eigenvalue weighted by atomic mass is 79.9. The SMILES string of the molecule is CC(C)CCC[C@H](C)n1c(SCC(=O)c2ccc(Br)cc2)nnc1-c1cccc(S(=O)(=O)Nc2ccccc2Cl)c1. The molecule has 41 heavy (non-hydrogen) atoms. The number of carbonyl (C=O) groups is 1. The normalized spacial score (nSPS) is 12.4. The molecular weight excluding hydrogens is 644 g/mol. The van der Waals surface area contributed by atoms with Gasteiger partial charge in [0, 0.05) is 21.6 Å². The second-order valence-corrected chi connectivity index (χ2v) is 14.1. The number of nitrogens with one attached hydrogen (secondary N) is 1. The van der Waals surface area contributed by atoms with Crippen molar-refractivity contribution in [1.29, 1.82) is 0 Å². The van der Waals surface area contributed by atoms with Crippen LogP contribution < -0.4 is 4.72 Å². The maximum absolute atomic E-state index is 13.2. The lowest BCUT2D eigenvalue weighted by Gasteiger charge is -2.19. The van der Waals surface area contributed by atoms with Crippen molar-refractivity contribution in [1.82, 2.24) is 14.8 Å². The topological polar surface area (TPSA) is 93.9 Å². The molecular formula is C30H32BrClN4O3S2. The number of para-hydroxylation sites is 1. The molecule has 0 fully saturated rings. The minimum Gasteiger partial charge on any atom is -0.299 e. The van der Waals surface area contributed by atoms with E-state index in [9.17, 15) is 13.2 Å². The molecule has 0 aliphatic heterocycles. The number of anilines is 1. The van der Waals surface area contributed by atoms with Gasteiger partial charge >= 0.3 is 0 Å². The molecule has 0 aliphatic carbocycles. The third kappa shape index (κ3) is 8.22. The number of nitrogens with zero attached hydrogens (tertiary/aromatic N) is 3. The van der Waals surface area contributed by atoms with Gasteiger partial charge in [0.1, 0.15) is 0 Å². The number of benzene rings is 3. The van der Waals surface area contributed by atoms with E-state index in [-0.39, 0.29) is 22.5 Å². The number of sulfonamides is 1. The number of carbonyl (C=O) groups excluding carboxylic acids is 1. The van der Waals surface area contributed by atoms with Crippen LogP contribution in [0.1, 0.15) is 56.4 Å². The van der Waals surface area contributed by atoms with Gasteiger partial charge in [-0.25, -0.2) is 8.42 Å². The molecule has 1 heterocycles. The summed E-state index contributed by atoms with van der Waals surface area (Å²) in [5.41, 5.74) is 1.54. The maximum Gasteiger partial charge on any atom is 0.261 e. The molecule has 1 N–H and O–H groups in total. The molecule has 1 atom stereocenters. The number of hydrogen-bond donors (Lipinski definition) is 1. The molecule has 0 spiro atoms. The molecule has 216 valence electrons. The predicted molar refractivity (Wildman–Crippen MR) is 170 cm³/mol. The summed E-state index contributed by atoms with van der Waals surface area (Å²) in [6, 6.07) is 20.6. The Hall–Kier alpha value is -2.66. The van der Waals surface area contributed by atoms with Crippen LogP contribution in [0.4, 0.5) is 5.69 Å². The number of Topliss-reactive ketones (excluding diaryl/α,β-unsaturated/α-hetero) is 1. The van der Waals surface area contributed by atoms with Crippen LogP contribution in [0.5, 0.6) is 0 Å². The van der Waals surface area contributed by atoms with Crippen LogP contribution in [-0.2, 0) is 10.0 Å². The van der Waals surface area contributed by atoms with Gasteiger partial charge < -0.3 is 0 Å². The molecule has 7 nitrogen and oxygen atoms in total. The van der Waals surface area contributed by atoms with E-state index in [0.29, 0.717) is 38.7 Å². The standard InChI is InChI=1S/C30H32BrClN4O3S2/c1-20(2)8-6-9-21(3)36-29(33-34-30(36)40-19-28(37)22-14-16-24(31)17-15-22)23-10-7-11-25(18-23)41(38,39)35-27-13-5-4-12-26(27)32/h4-5,7,10-18,20-21,35H,6,8-9,19H2,1-3H3/t21-/m0/s1. The fourth-order valence-electron chi connectivity index (χ4n) is 4.32. The first-order chi connectivity index (χ1) is 19.5. The van der Waals surface area contributed by atoms with Crippen LogP contribution in [-0.4, -0.2) is 34.7 Å². The molecule has 0 saturated heterocycles. The zero-order valence-electron chi connectivity index (χ0n) is 23.1. The highest BCUT2D eigenvalue weighted by molar-refractivity contribution is 9.10. The molecule has 0 amide bonds. The summed E-state index contributed by atoms with van der Waals surface area (Å²) < 4.78 is 32.0. The summed E-state index contributed by atoms with van der Waals surface area (Å²) in [6.07, 6.45) is 3.01. The van der Waals surface area contributed by atoms with Gasteiger partial charge in [-0.3, -0.25) is 14.1 Å². The molecule has 4 rings (SSSR count). The molecule has 11 heteroatoms. The summed E-state index contributed by atoms with van der Waals surface area (Å²) in [4.78, 5) is 13.0. The monoisotopic (exact) mass is 674 g/mol. The third-order valence-electron chi connectivity index (χ3n) is 6.53. The maximum atomic E-state index is 13.2. The molecule has 4 aromatic rings.